The molecule has 2 rings (SSSR count). The van der Waals surface area contributed by atoms with Gasteiger partial charge in [-0.15, -0.1) is 0 Å². The summed E-state index contributed by atoms with van der Waals surface area (Å²) in [5.74, 6) is 0.641. The number of imidazole rings is 1. The predicted molar refractivity (Wildman–Crippen MR) is 62.3 cm³/mol. The summed E-state index contributed by atoms with van der Waals surface area (Å²) >= 11 is 0. The first-order chi connectivity index (χ1) is 7.81. The number of para-hydroxylation sites is 1. The lowest BCUT2D eigenvalue weighted by Crippen LogP contribution is -2.18. The summed E-state index contributed by atoms with van der Waals surface area (Å²) in [5.41, 5.74) is 1.00. The average Bonchev–Trinajstić information content (AvgIpc) is 2.78. The molecule has 0 fully saturated rings. The fourth-order valence-corrected chi connectivity index (χ4v) is 1.43. The first kappa shape index (κ1) is 10.4. The molecule has 81 valence electrons. The van der Waals surface area contributed by atoms with Crippen LogP contribution in [0.25, 0.3) is 5.69 Å². The Morgan fingerprint density at radius 2 is 2.12 bits per heavy atom. The molecule has 0 spiro atoms. The molecule has 1 radical (unpaired) electrons. The van der Waals surface area contributed by atoms with Gasteiger partial charge < -0.3 is 5.32 Å². The molecule has 4 heteroatoms. The maximum Gasteiger partial charge on any atom is 0.222 e. The zero-order valence-electron chi connectivity index (χ0n) is 8.92. The molecule has 1 atom stereocenters. The van der Waals surface area contributed by atoms with E-state index in [2.05, 4.69) is 10.3 Å². The smallest absolute Gasteiger partial charge is 0.222 e. The van der Waals surface area contributed by atoms with Crippen LogP contribution in [0.2, 0.25) is 0 Å². The standard InChI is InChI=1S/C12H12N3O/c1-10(9-16)14-12-13-7-8-15(12)11-5-3-2-4-6-11/h2-8,10H,1H3,(H,13,14). The SMILES string of the molecule is CC([C]=O)Nc1nccn1-c1ccccc1. The van der Waals surface area contributed by atoms with Gasteiger partial charge in [-0.2, -0.15) is 0 Å². The van der Waals surface area contributed by atoms with Crippen LogP contribution < -0.4 is 5.32 Å². The van der Waals surface area contributed by atoms with Crippen LogP contribution in [0.1, 0.15) is 6.92 Å². The van der Waals surface area contributed by atoms with E-state index < -0.39 is 0 Å². The molecule has 0 aliphatic carbocycles. The molecule has 0 saturated heterocycles. The number of benzene rings is 1. The van der Waals surface area contributed by atoms with Gasteiger partial charge in [-0.1, -0.05) is 18.2 Å². The minimum Gasteiger partial charge on any atom is -0.345 e. The minimum atomic E-state index is -0.370. The maximum atomic E-state index is 10.5. The highest BCUT2D eigenvalue weighted by molar-refractivity contribution is 5.63. The van der Waals surface area contributed by atoms with Crippen molar-refractivity contribution in [2.45, 2.75) is 13.0 Å². The van der Waals surface area contributed by atoms with Crippen LogP contribution in [0.4, 0.5) is 5.95 Å². The number of nitrogens with zero attached hydrogens (tertiary/aromatic N) is 2. The molecule has 0 aliphatic rings. The molecule has 1 aromatic heterocycles. The second kappa shape index (κ2) is 4.61. The van der Waals surface area contributed by atoms with Crippen LogP contribution in [-0.4, -0.2) is 21.9 Å². The lowest BCUT2D eigenvalue weighted by molar-refractivity contribution is 0.548. The van der Waals surface area contributed by atoms with Crippen molar-refractivity contribution in [1.29, 1.82) is 0 Å². The molecule has 1 heterocycles. The molecule has 0 bridgehead atoms. The third-order valence-electron chi connectivity index (χ3n) is 2.20. The van der Waals surface area contributed by atoms with Gasteiger partial charge >= 0.3 is 0 Å². The largest absolute Gasteiger partial charge is 0.345 e. The molecular weight excluding hydrogens is 202 g/mol. The van der Waals surface area contributed by atoms with E-state index in [9.17, 15) is 4.79 Å². The van der Waals surface area contributed by atoms with Gasteiger partial charge in [-0.3, -0.25) is 9.36 Å². The summed E-state index contributed by atoms with van der Waals surface area (Å²) in [4.78, 5) is 14.6. The van der Waals surface area contributed by atoms with E-state index in [1.165, 1.54) is 0 Å². The Morgan fingerprint density at radius 1 is 1.38 bits per heavy atom. The van der Waals surface area contributed by atoms with Crippen LogP contribution in [-0.2, 0) is 4.79 Å². The molecule has 0 aliphatic heterocycles. The highest BCUT2D eigenvalue weighted by Crippen LogP contribution is 2.14. The van der Waals surface area contributed by atoms with E-state index in [4.69, 9.17) is 0 Å². The predicted octanol–water partition coefficient (Wildman–Crippen LogP) is 1.78. The molecule has 1 aromatic carbocycles. The minimum absolute atomic E-state index is 0.370. The Morgan fingerprint density at radius 3 is 2.81 bits per heavy atom. The topological polar surface area (TPSA) is 46.9 Å². The van der Waals surface area contributed by atoms with Crippen molar-refractivity contribution in [2.75, 3.05) is 5.32 Å². The third-order valence-corrected chi connectivity index (χ3v) is 2.20. The second-order valence-corrected chi connectivity index (χ2v) is 3.44. The molecule has 1 unspecified atom stereocenters. The molecule has 0 amide bonds. The Hall–Kier alpha value is -2.10. The summed E-state index contributed by atoms with van der Waals surface area (Å²) in [7, 11) is 0. The fourth-order valence-electron chi connectivity index (χ4n) is 1.43. The summed E-state index contributed by atoms with van der Waals surface area (Å²) in [5, 5.41) is 2.97. The van der Waals surface area contributed by atoms with E-state index >= 15 is 0 Å². The quantitative estimate of drug-likeness (QED) is 0.843. The van der Waals surface area contributed by atoms with Gasteiger partial charge in [0.15, 0.2) is 0 Å². The first-order valence-electron chi connectivity index (χ1n) is 5.04. The van der Waals surface area contributed by atoms with Crippen LogP contribution in [0.15, 0.2) is 42.7 Å². The monoisotopic (exact) mass is 214 g/mol. The van der Waals surface area contributed by atoms with Crippen molar-refractivity contribution in [3.8, 4) is 5.69 Å². The number of hydrogen-bond acceptors (Lipinski definition) is 3. The van der Waals surface area contributed by atoms with E-state index in [1.807, 2.05) is 47.4 Å². The fraction of sp³-hybridized carbons (Fsp3) is 0.167. The van der Waals surface area contributed by atoms with E-state index in [-0.39, 0.29) is 6.04 Å². The number of nitrogens with one attached hydrogen (secondary N) is 1. The van der Waals surface area contributed by atoms with Crippen molar-refractivity contribution in [1.82, 2.24) is 9.55 Å². The molecule has 0 saturated carbocycles. The Balaban J connectivity index is 2.29. The van der Waals surface area contributed by atoms with Crippen LogP contribution >= 0.6 is 0 Å². The summed E-state index contributed by atoms with van der Waals surface area (Å²) in [6.45, 7) is 1.73. The van der Waals surface area contributed by atoms with Gasteiger partial charge in [0.2, 0.25) is 12.2 Å². The van der Waals surface area contributed by atoms with Gasteiger partial charge in [-0.05, 0) is 19.1 Å². The van der Waals surface area contributed by atoms with E-state index in [0.29, 0.717) is 5.95 Å². The van der Waals surface area contributed by atoms with E-state index in [0.717, 1.165) is 5.69 Å². The number of aromatic nitrogens is 2. The van der Waals surface area contributed by atoms with Crippen LogP contribution in [0.3, 0.4) is 0 Å². The zero-order valence-corrected chi connectivity index (χ0v) is 8.92. The lowest BCUT2D eigenvalue weighted by Gasteiger charge is -2.10. The summed E-state index contributed by atoms with van der Waals surface area (Å²) in [6.07, 6.45) is 5.40. The maximum absolute atomic E-state index is 10.5. The first-order valence-corrected chi connectivity index (χ1v) is 5.04. The van der Waals surface area contributed by atoms with Crippen LogP contribution in [0, 0.1) is 0 Å². The Kier molecular flexibility index (Phi) is 3.00. The molecular formula is C12H12N3O. The highest BCUT2D eigenvalue weighted by Gasteiger charge is 2.07. The summed E-state index contributed by atoms with van der Waals surface area (Å²) < 4.78 is 1.88. The molecule has 2 aromatic rings. The Labute approximate surface area is 93.9 Å². The molecule has 1 N–H and O–H groups in total. The van der Waals surface area contributed by atoms with Gasteiger partial charge in [0.1, 0.15) is 0 Å². The summed E-state index contributed by atoms with van der Waals surface area (Å²) in [6, 6.07) is 9.44. The number of rotatable bonds is 4. The molecule has 4 nitrogen and oxygen atoms in total. The van der Waals surface area contributed by atoms with Crippen LogP contribution in [0.5, 0.6) is 0 Å². The van der Waals surface area contributed by atoms with Gasteiger partial charge in [0.05, 0.1) is 6.04 Å². The highest BCUT2D eigenvalue weighted by atomic mass is 16.1. The number of anilines is 1. The number of carbonyl (C=O) groups excluding carboxylic acids is 1. The van der Waals surface area contributed by atoms with Crippen molar-refractivity contribution >= 4 is 12.2 Å². The normalized spacial score (nSPS) is 12.1. The zero-order chi connectivity index (χ0) is 11.4. The van der Waals surface area contributed by atoms with E-state index in [1.54, 1.807) is 13.1 Å². The molecule has 16 heavy (non-hydrogen) atoms. The average molecular weight is 214 g/mol. The van der Waals surface area contributed by atoms with Gasteiger partial charge in [0, 0.05) is 18.1 Å². The second-order valence-electron chi connectivity index (χ2n) is 3.44. The lowest BCUT2D eigenvalue weighted by atomic mass is 10.3. The van der Waals surface area contributed by atoms with Gasteiger partial charge in [-0.25, -0.2) is 4.98 Å². The third kappa shape index (κ3) is 2.11. The Bertz CT molecular complexity index is 464. The van der Waals surface area contributed by atoms with Crippen molar-refractivity contribution in [3.63, 3.8) is 0 Å². The van der Waals surface area contributed by atoms with Crippen molar-refractivity contribution < 1.29 is 4.79 Å². The number of hydrogen-bond donors (Lipinski definition) is 1. The van der Waals surface area contributed by atoms with Crippen molar-refractivity contribution in [3.05, 3.63) is 42.7 Å². The van der Waals surface area contributed by atoms with Gasteiger partial charge in [0.25, 0.3) is 0 Å². The van der Waals surface area contributed by atoms with Crippen molar-refractivity contribution in [2.24, 2.45) is 0 Å².